The first-order valence-corrected chi connectivity index (χ1v) is 58.6. The molecule has 12 rings (SSSR count). The Morgan fingerprint density at radius 3 is 0.857 bits per heavy atom. The summed E-state index contributed by atoms with van der Waals surface area (Å²) in [6.45, 7) is 97.9. The van der Waals surface area contributed by atoms with Gasteiger partial charge < -0.3 is 92.2 Å². The van der Waals surface area contributed by atoms with Crippen LogP contribution in [-0.4, -0.2) is 235 Å². The summed E-state index contributed by atoms with van der Waals surface area (Å²) in [5.41, 5.74) is 6.70. The fourth-order valence-corrected chi connectivity index (χ4v) is 13.7. The maximum Gasteiger partial charge on any atom is 0.229 e. The molecule has 6 aliphatic rings. The first-order chi connectivity index (χ1) is 69.5. The van der Waals surface area contributed by atoms with Crippen LogP contribution in [0.3, 0.4) is 0 Å². The maximum atomic E-state index is 5.01. The average molecular weight is 2060 g/mol. The second kappa shape index (κ2) is 98.6. The van der Waals surface area contributed by atoms with E-state index in [4.69, 9.17) is 8.83 Å². The van der Waals surface area contributed by atoms with Crippen molar-refractivity contribution in [3.05, 3.63) is 162 Å². The standard InChI is InChI=1S/2C11H17N.C10H21N.C10H15N.C9H19N.C8H13N3.2C8H17N.C7H12N2O.2C7H15N.C7H17N.C6H11N3O.3C5H13N/c2*1-9(2)12-8-11-6-4-10(3)5-7-11;2*1-9(2)11-8-10-6-4-3-5-7-10;1-8(2)10-7-9-5-3-4-6-9;1-7(2)11-6-8-9-4-3-5-10-8;1-7(2)9-6-8-4-3-5-8;1-8(2)9-6-4-3-5-7-9;1-6(2)9-5-7-8-3-4-10-7;1-6(2)8-5-7-3-4-7;1-7(2)8-5-3-4-6-8;1-6(2)5-8-7(3)4;1-5(2)7-3-6-9-8-4-10-6;2*1-5(2)6(3)4;1-4-6-5(2)3/h2*4-7,9,12H,8H2,1-3H3;9-11H,3-8H2,1-2H3;3-7,9,11H,8H2,1-2H3;8-10H,3-7H2,1-2H3;3-5,7,11H,6H2,1-2H3;7-9H,3-6H2,1-2H3;8H,3-7H2,1-2H3;3-4,6,9H,5H2,1-2H3;6-8H,3-5H2,1-2H3;7H,3-6H2,1-2H3;6-8H,5H2,1-4H3;4-5,7H,3H2,1-2H3;2*5H,1-4H3;5-6H,4H2,1-3H3. The average Bonchev–Trinajstić information content (AvgIpc) is 1.81. The monoisotopic (exact) mass is 2060 g/mol. The van der Waals surface area contributed by atoms with E-state index in [2.05, 4.69) is 466 Å². The molecule has 0 radical (unpaired) electrons. The van der Waals surface area contributed by atoms with Gasteiger partial charge in [0.15, 0.2) is 0 Å². The van der Waals surface area contributed by atoms with E-state index in [-0.39, 0.29) is 0 Å². The number of hydrogen-bond donors (Lipinski definition) is 12. The minimum atomic E-state index is 0.451. The van der Waals surface area contributed by atoms with Gasteiger partial charge in [-0.05, 0) is 292 Å². The zero-order chi connectivity index (χ0) is 112. The van der Waals surface area contributed by atoms with Crippen molar-refractivity contribution in [2.75, 3.05) is 93.6 Å². The highest BCUT2D eigenvalue weighted by atomic mass is 16.4. The Labute approximate surface area is 910 Å². The molecule has 0 spiro atoms. The number of rotatable bonds is 39. The highest BCUT2D eigenvalue weighted by Crippen LogP contribution is 2.28. The van der Waals surface area contributed by atoms with Crippen molar-refractivity contribution >= 4 is 0 Å². The van der Waals surface area contributed by atoms with Crippen LogP contribution in [0.5, 0.6) is 0 Å². The smallest absolute Gasteiger partial charge is 0.229 e. The molecule has 4 saturated carbocycles. The Kier molecular flexibility index (Phi) is 99.0. The van der Waals surface area contributed by atoms with Crippen molar-refractivity contribution in [2.24, 2.45) is 29.6 Å². The minimum absolute atomic E-state index is 0.451. The minimum Gasteiger partial charge on any atom is -0.448 e. The van der Waals surface area contributed by atoms with Gasteiger partial charge in [0.1, 0.15) is 12.1 Å². The third kappa shape index (κ3) is 109. The summed E-state index contributed by atoms with van der Waals surface area (Å²) in [5, 5.41) is 47.4. The second-order valence-corrected chi connectivity index (χ2v) is 46.6. The molecule has 0 atom stereocenters. The SMILES string of the molecule is CC(C)CNC(C)C.CC(C)N(C)C.CC(C)N(C)C.CC(C)N1CCCC1.CC(C)N1CCCCC1.CC(C)NCC1CC1.CC(C)NCC1CCC1.CC(C)NCC1CCCC1.CC(C)NCC1CCCCC1.CC(C)NCc1ccccc1.CC(C)NCc1ncccn1.CC(C)NCc1ncco1.CC(C)NCc1nnco1.CCNC(C)C.Cc1ccc(CNC(C)C)cc1.Cc1ccc(CNC(C)C)cc1. The number of likely N-dealkylation sites (tertiary alicyclic amines) is 2. The Morgan fingerprint density at radius 2 is 0.599 bits per heavy atom. The van der Waals surface area contributed by atoms with Gasteiger partial charge in [-0.15, -0.1) is 10.2 Å². The van der Waals surface area contributed by atoms with Gasteiger partial charge in [0, 0.05) is 129 Å². The molecule has 0 bridgehead atoms. The molecule has 2 aliphatic heterocycles. The normalized spacial score (nSPS) is 14.6. The zero-order valence-electron chi connectivity index (χ0n) is 104. The topological polar surface area (TPSA) is 248 Å². The molecule has 23 nitrogen and oxygen atoms in total. The van der Waals surface area contributed by atoms with Crippen LogP contribution in [0.25, 0.3) is 0 Å². The van der Waals surface area contributed by atoms with Gasteiger partial charge in [-0.3, -0.25) is 0 Å². The molecule has 6 aromatic rings. The van der Waals surface area contributed by atoms with Gasteiger partial charge in [-0.2, -0.15) is 0 Å². The van der Waals surface area contributed by atoms with Crippen molar-refractivity contribution in [3.63, 3.8) is 0 Å². The summed E-state index contributed by atoms with van der Waals surface area (Å²) in [7, 11) is 8.30. The number of hydrogen-bond acceptors (Lipinski definition) is 23. The van der Waals surface area contributed by atoms with Gasteiger partial charge >= 0.3 is 0 Å². The van der Waals surface area contributed by atoms with Crippen LogP contribution in [0, 0.1) is 43.4 Å². The van der Waals surface area contributed by atoms with Gasteiger partial charge in [0.2, 0.25) is 18.2 Å². The quantitative estimate of drug-likeness (QED) is 0.0171. The molecule has 0 amide bonds. The first kappa shape index (κ1) is 148. The highest BCUT2D eigenvalue weighted by Gasteiger charge is 2.21. The molecule has 3 aromatic heterocycles. The Morgan fingerprint density at radius 1 is 0.299 bits per heavy atom. The molecule has 23 heteroatoms. The van der Waals surface area contributed by atoms with E-state index in [1.165, 1.54) is 209 Å². The Hall–Kier alpha value is -5.55. The molecule has 6 fully saturated rings. The molecule has 12 N–H and O–H groups in total. The summed E-state index contributed by atoms with van der Waals surface area (Å²) < 4.78 is 9.91. The molecule has 4 aliphatic carbocycles. The van der Waals surface area contributed by atoms with Crippen LogP contribution in [0.2, 0.25) is 0 Å². The largest absolute Gasteiger partial charge is 0.448 e. The summed E-state index contributed by atoms with van der Waals surface area (Å²) >= 11 is 0. The number of aryl methyl sites for hydroxylation is 2. The van der Waals surface area contributed by atoms with Crippen molar-refractivity contribution in [1.82, 2.24) is 109 Å². The van der Waals surface area contributed by atoms with Crippen LogP contribution in [0.1, 0.15) is 410 Å². The zero-order valence-corrected chi connectivity index (χ0v) is 104. The Bertz CT molecular complexity index is 3370. The lowest BCUT2D eigenvalue weighted by molar-refractivity contribution is 0.185. The van der Waals surface area contributed by atoms with Gasteiger partial charge in [0.25, 0.3) is 0 Å². The lowest BCUT2D eigenvalue weighted by Crippen LogP contribution is -2.35. The van der Waals surface area contributed by atoms with Gasteiger partial charge in [-0.1, -0.05) is 322 Å². The van der Waals surface area contributed by atoms with E-state index in [0.717, 1.165) is 92.7 Å². The van der Waals surface area contributed by atoms with Crippen LogP contribution in [0.15, 0.2) is 125 Å². The van der Waals surface area contributed by atoms with E-state index in [0.29, 0.717) is 104 Å². The number of aromatic nitrogens is 5. The molecule has 858 valence electrons. The van der Waals surface area contributed by atoms with Crippen LogP contribution >= 0.6 is 0 Å². The second-order valence-electron chi connectivity index (χ2n) is 46.6. The van der Waals surface area contributed by atoms with E-state index >= 15 is 0 Å². The van der Waals surface area contributed by atoms with Crippen LogP contribution < -0.4 is 63.8 Å². The lowest BCUT2D eigenvalue weighted by atomic mass is 9.85. The number of nitrogens with one attached hydrogen (secondary N) is 12. The molecule has 2 saturated heterocycles. The predicted molar refractivity (Wildman–Crippen MR) is 646 cm³/mol. The number of benzene rings is 3. The summed E-state index contributed by atoms with van der Waals surface area (Å²) in [5.74, 6) is 7.00. The fourth-order valence-electron chi connectivity index (χ4n) is 13.7. The van der Waals surface area contributed by atoms with Crippen LogP contribution in [-0.2, 0) is 39.3 Å². The van der Waals surface area contributed by atoms with Crippen molar-refractivity contribution in [3.8, 4) is 0 Å². The number of piperidine rings is 1. The first-order valence-electron chi connectivity index (χ1n) is 58.6. The number of oxazole rings is 1. The van der Waals surface area contributed by atoms with Crippen molar-refractivity contribution in [2.45, 2.75) is 514 Å². The molecule has 3 aromatic carbocycles. The lowest BCUT2D eigenvalue weighted by Gasteiger charge is -2.29. The van der Waals surface area contributed by atoms with E-state index in [9.17, 15) is 0 Å². The third-order valence-electron chi connectivity index (χ3n) is 24.7. The molecule has 5 heterocycles. The fraction of sp³-hybridized carbons (Fsp3) is 0.782. The molecular formula is C124H245N21O2. The molecular weight excluding hydrogens is 1820 g/mol. The van der Waals surface area contributed by atoms with E-state index in [1.54, 1.807) is 24.9 Å². The van der Waals surface area contributed by atoms with E-state index < -0.39 is 0 Å². The maximum absolute atomic E-state index is 5.01. The summed E-state index contributed by atoms with van der Waals surface area (Å²) in [6.07, 6.45) is 35.6. The molecule has 0 unspecified atom stereocenters. The van der Waals surface area contributed by atoms with Crippen molar-refractivity contribution in [1.29, 1.82) is 0 Å². The molecule has 147 heavy (non-hydrogen) atoms. The van der Waals surface area contributed by atoms with Gasteiger partial charge in [0.05, 0.1) is 25.8 Å². The van der Waals surface area contributed by atoms with Crippen LogP contribution in [0.4, 0.5) is 0 Å². The number of nitrogens with zero attached hydrogens (tertiary/aromatic N) is 9. The van der Waals surface area contributed by atoms with E-state index in [1.807, 2.05) is 12.1 Å². The summed E-state index contributed by atoms with van der Waals surface area (Å²) in [4.78, 5) is 21.5. The highest BCUT2D eigenvalue weighted by molar-refractivity contribution is 5.22. The predicted octanol–water partition coefficient (Wildman–Crippen LogP) is 25.7. The summed E-state index contributed by atoms with van der Waals surface area (Å²) in [6, 6.07) is 39.5. The Balaban J connectivity index is -0.000000745. The van der Waals surface area contributed by atoms with Gasteiger partial charge in [-0.25, -0.2) is 15.0 Å². The van der Waals surface area contributed by atoms with Crippen molar-refractivity contribution < 1.29 is 8.83 Å². The third-order valence-corrected chi connectivity index (χ3v) is 24.7.